The maximum absolute atomic E-state index is 12.1. The average Bonchev–Trinajstić information content (AvgIpc) is 2.59. The van der Waals surface area contributed by atoms with Crippen molar-refractivity contribution >= 4 is 5.91 Å². The van der Waals surface area contributed by atoms with Crippen LogP contribution >= 0.6 is 0 Å². The minimum absolute atomic E-state index is 0.189. The first-order valence-corrected chi connectivity index (χ1v) is 8.39. The standard InChI is InChI=1S/C19H27N3O2/c1-3-6-16(11-20-2)19(24)21-12-18(23)14-22-10-9-15-7-4-5-8-17(15)13-22/h3-8,11,18,20,23H,9-10,12-14H2,1-2H3,(H,21,24)/b6-3-,16-11+. The highest BCUT2D eigenvalue weighted by molar-refractivity contribution is 5.96. The number of allylic oxidation sites excluding steroid dienone is 1. The largest absolute Gasteiger partial charge is 0.393 e. The van der Waals surface area contributed by atoms with Crippen molar-refractivity contribution in [2.24, 2.45) is 0 Å². The molecule has 5 nitrogen and oxygen atoms in total. The summed E-state index contributed by atoms with van der Waals surface area (Å²) in [5.74, 6) is -0.189. The van der Waals surface area contributed by atoms with E-state index in [4.69, 9.17) is 0 Å². The van der Waals surface area contributed by atoms with E-state index in [2.05, 4.69) is 39.8 Å². The molecule has 0 aromatic heterocycles. The third-order valence-electron chi connectivity index (χ3n) is 4.09. The second-order valence-electron chi connectivity index (χ2n) is 6.01. The molecule has 1 heterocycles. The highest BCUT2D eigenvalue weighted by Crippen LogP contribution is 2.18. The van der Waals surface area contributed by atoms with Gasteiger partial charge in [-0.2, -0.15) is 0 Å². The Kier molecular flexibility index (Phi) is 7.03. The van der Waals surface area contributed by atoms with Crippen LogP contribution in [0.15, 0.2) is 48.2 Å². The van der Waals surface area contributed by atoms with Crippen LogP contribution in [0.1, 0.15) is 18.1 Å². The second-order valence-corrected chi connectivity index (χ2v) is 6.01. The van der Waals surface area contributed by atoms with Gasteiger partial charge in [0.2, 0.25) is 0 Å². The molecule has 0 spiro atoms. The van der Waals surface area contributed by atoms with Gasteiger partial charge < -0.3 is 15.7 Å². The van der Waals surface area contributed by atoms with Crippen LogP contribution in [0, 0.1) is 0 Å². The molecule has 0 saturated carbocycles. The summed E-state index contributed by atoms with van der Waals surface area (Å²) in [6.45, 7) is 4.45. The Balaban J connectivity index is 1.80. The fraction of sp³-hybridized carbons (Fsp3) is 0.421. The van der Waals surface area contributed by atoms with Gasteiger partial charge in [-0.1, -0.05) is 36.4 Å². The van der Waals surface area contributed by atoms with Gasteiger partial charge in [-0.3, -0.25) is 9.69 Å². The molecular weight excluding hydrogens is 302 g/mol. The van der Waals surface area contributed by atoms with E-state index in [1.165, 1.54) is 11.1 Å². The van der Waals surface area contributed by atoms with Crippen molar-refractivity contribution in [1.29, 1.82) is 0 Å². The Morgan fingerprint density at radius 2 is 2.12 bits per heavy atom. The predicted octanol–water partition coefficient (Wildman–Crippen LogP) is 1.20. The van der Waals surface area contributed by atoms with Crippen molar-refractivity contribution in [3.05, 3.63) is 59.3 Å². The predicted molar refractivity (Wildman–Crippen MR) is 96.4 cm³/mol. The van der Waals surface area contributed by atoms with E-state index in [-0.39, 0.29) is 12.5 Å². The molecule has 1 unspecified atom stereocenters. The zero-order valence-electron chi connectivity index (χ0n) is 14.5. The van der Waals surface area contributed by atoms with Crippen LogP contribution in [0.4, 0.5) is 0 Å². The van der Waals surface area contributed by atoms with Crippen molar-refractivity contribution in [1.82, 2.24) is 15.5 Å². The van der Waals surface area contributed by atoms with Crippen LogP contribution in [0.2, 0.25) is 0 Å². The molecule has 0 bridgehead atoms. The molecular formula is C19H27N3O2. The lowest BCUT2D eigenvalue weighted by Gasteiger charge is -2.30. The summed E-state index contributed by atoms with van der Waals surface area (Å²) < 4.78 is 0. The molecule has 0 radical (unpaired) electrons. The third kappa shape index (κ3) is 5.22. The fourth-order valence-electron chi connectivity index (χ4n) is 2.91. The van der Waals surface area contributed by atoms with Gasteiger partial charge in [0, 0.05) is 39.4 Å². The molecule has 130 valence electrons. The first-order chi connectivity index (χ1) is 11.6. The number of amides is 1. The molecule has 1 amide bonds. The molecule has 3 N–H and O–H groups in total. The van der Waals surface area contributed by atoms with Crippen LogP contribution in [-0.2, 0) is 17.8 Å². The monoisotopic (exact) mass is 329 g/mol. The van der Waals surface area contributed by atoms with Gasteiger partial charge in [-0.05, 0) is 24.5 Å². The maximum Gasteiger partial charge on any atom is 0.252 e. The summed E-state index contributed by atoms with van der Waals surface area (Å²) in [4.78, 5) is 14.3. The third-order valence-corrected chi connectivity index (χ3v) is 4.09. The number of aliphatic hydroxyl groups excluding tert-OH is 1. The van der Waals surface area contributed by atoms with Gasteiger partial charge >= 0.3 is 0 Å². The van der Waals surface area contributed by atoms with Gasteiger partial charge in [-0.15, -0.1) is 0 Å². The number of fused-ring (bicyclic) bond motifs is 1. The SMILES string of the molecule is C/C=C\C(=C/NC)C(=O)NCC(O)CN1CCc2ccccc2C1. The van der Waals surface area contributed by atoms with Crippen molar-refractivity contribution < 1.29 is 9.90 Å². The molecule has 24 heavy (non-hydrogen) atoms. The minimum atomic E-state index is -0.583. The van der Waals surface area contributed by atoms with Gasteiger partial charge in [0.05, 0.1) is 11.7 Å². The van der Waals surface area contributed by atoms with Crippen LogP contribution < -0.4 is 10.6 Å². The zero-order chi connectivity index (χ0) is 17.4. The topological polar surface area (TPSA) is 64.6 Å². The first kappa shape index (κ1) is 18.2. The van der Waals surface area contributed by atoms with Gasteiger partial charge in [0.1, 0.15) is 0 Å². The molecule has 1 aliphatic heterocycles. The van der Waals surface area contributed by atoms with Crippen molar-refractivity contribution in [3.8, 4) is 0 Å². The molecule has 1 aliphatic rings. The molecule has 2 rings (SSSR count). The number of benzene rings is 1. The highest BCUT2D eigenvalue weighted by Gasteiger charge is 2.18. The van der Waals surface area contributed by atoms with E-state index >= 15 is 0 Å². The van der Waals surface area contributed by atoms with Crippen LogP contribution in [0.5, 0.6) is 0 Å². The number of aliphatic hydroxyl groups is 1. The Hall–Kier alpha value is -2.11. The van der Waals surface area contributed by atoms with Gasteiger partial charge in [0.15, 0.2) is 0 Å². The number of nitrogens with one attached hydrogen (secondary N) is 2. The molecule has 5 heteroatoms. The van der Waals surface area contributed by atoms with E-state index in [0.29, 0.717) is 12.1 Å². The number of rotatable bonds is 7. The van der Waals surface area contributed by atoms with E-state index in [9.17, 15) is 9.90 Å². The summed E-state index contributed by atoms with van der Waals surface area (Å²) in [6, 6.07) is 8.43. The molecule has 1 aromatic carbocycles. The van der Waals surface area contributed by atoms with Crippen LogP contribution in [-0.4, -0.2) is 48.7 Å². The molecule has 1 atom stereocenters. The van der Waals surface area contributed by atoms with E-state index in [0.717, 1.165) is 19.5 Å². The second kappa shape index (κ2) is 9.25. The van der Waals surface area contributed by atoms with Crippen molar-refractivity contribution in [2.45, 2.75) is 26.0 Å². The Morgan fingerprint density at radius 3 is 2.83 bits per heavy atom. The summed E-state index contributed by atoms with van der Waals surface area (Å²) in [5.41, 5.74) is 3.26. The van der Waals surface area contributed by atoms with Crippen molar-refractivity contribution in [3.63, 3.8) is 0 Å². The van der Waals surface area contributed by atoms with Crippen LogP contribution in [0.25, 0.3) is 0 Å². The molecule has 0 fully saturated rings. The summed E-state index contributed by atoms with van der Waals surface area (Å²) >= 11 is 0. The van der Waals surface area contributed by atoms with Gasteiger partial charge in [-0.25, -0.2) is 0 Å². The smallest absolute Gasteiger partial charge is 0.252 e. The quantitative estimate of drug-likeness (QED) is 0.520. The lowest BCUT2D eigenvalue weighted by atomic mass is 10.00. The summed E-state index contributed by atoms with van der Waals surface area (Å²) in [6.07, 6.45) is 5.61. The number of carbonyl (C=O) groups is 1. The summed E-state index contributed by atoms with van der Waals surface area (Å²) in [5, 5.41) is 15.9. The Labute approximate surface area is 144 Å². The fourth-order valence-corrected chi connectivity index (χ4v) is 2.91. The Morgan fingerprint density at radius 1 is 1.38 bits per heavy atom. The van der Waals surface area contributed by atoms with E-state index in [1.54, 1.807) is 19.3 Å². The number of carbonyl (C=O) groups excluding carboxylic acids is 1. The van der Waals surface area contributed by atoms with E-state index in [1.807, 2.05) is 13.0 Å². The zero-order valence-corrected chi connectivity index (χ0v) is 14.5. The number of β-amino-alcohol motifs (C(OH)–C–C–N with tert-alkyl or cyclic N) is 1. The van der Waals surface area contributed by atoms with Gasteiger partial charge in [0.25, 0.3) is 5.91 Å². The average molecular weight is 329 g/mol. The normalized spacial score (nSPS) is 16.7. The minimum Gasteiger partial charge on any atom is -0.393 e. The van der Waals surface area contributed by atoms with Crippen LogP contribution in [0.3, 0.4) is 0 Å². The number of hydrogen-bond acceptors (Lipinski definition) is 4. The number of hydrogen-bond donors (Lipinski definition) is 3. The van der Waals surface area contributed by atoms with E-state index < -0.39 is 6.10 Å². The number of nitrogens with zero attached hydrogens (tertiary/aromatic N) is 1. The first-order valence-electron chi connectivity index (χ1n) is 8.39. The molecule has 1 aromatic rings. The Bertz CT molecular complexity index is 610. The summed E-state index contributed by atoms with van der Waals surface area (Å²) in [7, 11) is 1.75. The molecule has 0 aliphatic carbocycles. The molecule has 0 saturated heterocycles. The van der Waals surface area contributed by atoms with Crippen molar-refractivity contribution in [2.75, 3.05) is 26.7 Å². The maximum atomic E-state index is 12.1. The highest BCUT2D eigenvalue weighted by atomic mass is 16.3. The lowest BCUT2D eigenvalue weighted by molar-refractivity contribution is -0.117. The lowest BCUT2D eigenvalue weighted by Crippen LogP contribution is -2.42.